The Morgan fingerprint density at radius 1 is 0.952 bits per heavy atom. The summed E-state index contributed by atoms with van der Waals surface area (Å²) in [5.74, 6) is 0. The second kappa shape index (κ2) is 8.11. The second-order valence-corrected chi connectivity index (χ2v) is 6.28. The fourth-order valence-corrected chi connectivity index (χ4v) is 3.03. The van der Waals surface area contributed by atoms with Crippen LogP contribution in [-0.4, -0.2) is 22.4 Å². The molecule has 116 valence electrons. The topological polar surface area (TPSA) is 6.48 Å². The maximum absolute atomic E-state index is 2.50. The van der Waals surface area contributed by atoms with Gasteiger partial charge in [0, 0.05) is 25.0 Å². The van der Waals surface area contributed by atoms with Gasteiger partial charge in [-0.05, 0) is 25.8 Å². The fourth-order valence-electron chi connectivity index (χ4n) is 3.03. The zero-order valence-electron chi connectivity index (χ0n) is 13.8. The molecule has 0 saturated carbocycles. The van der Waals surface area contributed by atoms with E-state index >= 15 is 0 Å². The molecule has 0 bridgehead atoms. The van der Waals surface area contributed by atoms with Crippen molar-refractivity contribution in [2.45, 2.75) is 65.1 Å². The molecular weight excluding hydrogens is 256 g/mol. The zero-order valence-corrected chi connectivity index (χ0v) is 13.8. The Balaban J connectivity index is 1.97. The number of unbranched alkanes of at least 4 members (excludes halogenated alkanes) is 4. The van der Waals surface area contributed by atoms with Crippen molar-refractivity contribution in [1.29, 1.82) is 0 Å². The van der Waals surface area contributed by atoms with Gasteiger partial charge in [0.25, 0.3) is 0 Å². The number of benzene rings is 1. The van der Waals surface area contributed by atoms with Gasteiger partial charge < -0.3 is 9.80 Å². The Morgan fingerprint density at radius 3 is 2.33 bits per heavy atom. The van der Waals surface area contributed by atoms with E-state index in [1.807, 2.05) is 0 Å². The molecule has 1 aromatic carbocycles. The Hall–Kier alpha value is -1.44. The van der Waals surface area contributed by atoms with E-state index in [0.717, 1.165) is 6.54 Å². The van der Waals surface area contributed by atoms with Gasteiger partial charge in [-0.3, -0.25) is 0 Å². The number of hydrogen-bond donors (Lipinski definition) is 0. The first-order valence-corrected chi connectivity index (χ1v) is 8.50. The molecule has 1 aliphatic heterocycles. The van der Waals surface area contributed by atoms with Crippen molar-refractivity contribution >= 4 is 0 Å². The highest BCUT2D eigenvalue weighted by atomic mass is 15.4. The maximum atomic E-state index is 2.50. The first-order chi connectivity index (χ1) is 10.2. The number of rotatable bonds is 8. The highest BCUT2D eigenvalue weighted by molar-refractivity contribution is 5.22. The van der Waals surface area contributed by atoms with Crippen LogP contribution in [0.25, 0.3) is 0 Å². The van der Waals surface area contributed by atoms with Gasteiger partial charge in [0.05, 0.1) is 0 Å². The summed E-state index contributed by atoms with van der Waals surface area (Å²) in [4.78, 5) is 4.96. The van der Waals surface area contributed by atoms with Crippen molar-refractivity contribution in [1.82, 2.24) is 9.80 Å². The van der Waals surface area contributed by atoms with Crippen LogP contribution in [0.5, 0.6) is 0 Å². The highest BCUT2D eigenvalue weighted by Gasteiger charge is 2.28. The molecule has 0 radical (unpaired) electrons. The van der Waals surface area contributed by atoms with Crippen molar-refractivity contribution in [3.8, 4) is 0 Å². The minimum Gasteiger partial charge on any atom is -0.352 e. The van der Waals surface area contributed by atoms with Crippen molar-refractivity contribution in [3.63, 3.8) is 0 Å². The average Bonchev–Trinajstić information content (AvgIpc) is 2.92. The lowest BCUT2D eigenvalue weighted by atomic mass is 10.1. The normalized spacial score (nSPS) is 18.0. The summed E-state index contributed by atoms with van der Waals surface area (Å²) in [5.41, 5.74) is 1.39. The van der Waals surface area contributed by atoms with Crippen LogP contribution < -0.4 is 0 Å². The zero-order chi connectivity index (χ0) is 15.1. The molecule has 0 fully saturated rings. The lowest BCUT2D eigenvalue weighted by Crippen LogP contribution is -2.35. The fraction of sp³-hybridized carbons (Fsp3) is 0.579. The van der Waals surface area contributed by atoms with Crippen LogP contribution in [0.3, 0.4) is 0 Å². The van der Waals surface area contributed by atoms with Gasteiger partial charge >= 0.3 is 0 Å². The van der Waals surface area contributed by atoms with Gasteiger partial charge in [-0.15, -0.1) is 0 Å². The Kier molecular flexibility index (Phi) is 6.16. The van der Waals surface area contributed by atoms with Gasteiger partial charge in [-0.2, -0.15) is 0 Å². The van der Waals surface area contributed by atoms with E-state index in [0.29, 0.717) is 12.2 Å². The van der Waals surface area contributed by atoms with E-state index in [9.17, 15) is 0 Å². The lowest BCUT2D eigenvalue weighted by molar-refractivity contribution is 0.126. The van der Waals surface area contributed by atoms with E-state index in [4.69, 9.17) is 0 Å². The first-order valence-electron chi connectivity index (χ1n) is 8.50. The Labute approximate surface area is 130 Å². The average molecular weight is 286 g/mol. The molecule has 1 aliphatic rings. The number of hydrogen-bond acceptors (Lipinski definition) is 2. The third-order valence-corrected chi connectivity index (χ3v) is 4.24. The molecule has 0 aliphatic carbocycles. The predicted molar refractivity (Wildman–Crippen MR) is 90.8 cm³/mol. The monoisotopic (exact) mass is 286 g/mol. The van der Waals surface area contributed by atoms with Crippen LogP contribution >= 0.6 is 0 Å². The summed E-state index contributed by atoms with van der Waals surface area (Å²) in [7, 11) is 0. The maximum Gasteiger partial charge on any atom is 0.127 e. The second-order valence-electron chi connectivity index (χ2n) is 6.28. The molecule has 0 aromatic heterocycles. The molecule has 1 atom stereocenters. The molecular formula is C19H30N2. The Bertz CT molecular complexity index is 424. The first kappa shape index (κ1) is 15.9. The molecule has 2 rings (SSSR count). The van der Waals surface area contributed by atoms with Crippen LogP contribution in [0.4, 0.5) is 0 Å². The van der Waals surface area contributed by atoms with Gasteiger partial charge in [0.1, 0.15) is 6.17 Å². The molecule has 0 saturated heterocycles. The third-order valence-electron chi connectivity index (χ3n) is 4.24. The van der Waals surface area contributed by atoms with Crippen LogP contribution in [0.2, 0.25) is 0 Å². The molecule has 2 nitrogen and oxygen atoms in total. The van der Waals surface area contributed by atoms with Crippen molar-refractivity contribution in [2.24, 2.45) is 0 Å². The van der Waals surface area contributed by atoms with E-state index in [1.165, 1.54) is 37.7 Å². The van der Waals surface area contributed by atoms with Crippen LogP contribution in [-0.2, 0) is 0 Å². The summed E-state index contributed by atoms with van der Waals surface area (Å²) < 4.78 is 0. The van der Waals surface area contributed by atoms with Crippen molar-refractivity contribution < 1.29 is 0 Å². The summed E-state index contributed by atoms with van der Waals surface area (Å²) >= 11 is 0. The van der Waals surface area contributed by atoms with E-state index in [1.54, 1.807) is 0 Å². The molecule has 1 unspecified atom stereocenters. The van der Waals surface area contributed by atoms with E-state index in [-0.39, 0.29) is 0 Å². The van der Waals surface area contributed by atoms with Crippen LogP contribution in [0.1, 0.15) is 64.6 Å². The highest BCUT2D eigenvalue weighted by Crippen LogP contribution is 2.32. The van der Waals surface area contributed by atoms with Gasteiger partial charge in [-0.25, -0.2) is 0 Å². The van der Waals surface area contributed by atoms with Gasteiger partial charge in [0.15, 0.2) is 0 Å². The molecule has 2 heteroatoms. The summed E-state index contributed by atoms with van der Waals surface area (Å²) in [5, 5.41) is 0. The lowest BCUT2D eigenvalue weighted by Gasteiger charge is -2.35. The van der Waals surface area contributed by atoms with E-state index < -0.39 is 0 Å². The summed E-state index contributed by atoms with van der Waals surface area (Å²) in [6.45, 7) is 7.97. The van der Waals surface area contributed by atoms with Crippen LogP contribution in [0.15, 0.2) is 42.7 Å². The molecule has 1 aromatic rings. The molecule has 0 N–H and O–H groups in total. The smallest absolute Gasteiger partial charge is 0.127 e. The SMILES string of the molecule is CCCCCCCN1C=CN(C(C)C)C1c1ccccc1. The van der Waals surface area contributed by atoms with Crippen LogP contribution in [0, 0.1) is 0 Å². The summed E-state index contributed by atoms with van der Waals surface area (Å²) in [6, 6.07) is 11.4. The van der Waals surface area contributed by atoms with Crippen molar-refractivity contribution in [3.05, 3.63) is 48.3 Å². The Morgan fingerprint density at radius 2 is 1.67 bits per heavy atom. The van der Waals surface area contributed by atoms with E-state index in [2.05, 4.69) is 73.3 Å². The minimum absolute atomic E-state index is 0.373. The van der Waals surface area contributed by atoms with Gasteiger partial charge in [0.2, 0.25) is 0 Å². The standard InChI is InChI=1S/C19H30N2/c1-4-5-6-7-11-14-20-15-16-21(17(2)3)19(20)18-12-9-8-10-13-18/h8-10,12-13,15-17,19H,4-7,11,14H2,1-3H3. The van der Waals surface area contributed by atoms with Crippen molar-refractivity contribution in [2.75, 3.05) is 6.54 Å². The minimum atomic E-state index is 0.373. The predicted octanol–water partition coefficient (Wildman–Crippen LogP) is 5.15. The quantitative estimate of drug-likeness (QED) is 0.610. The van der Waals surface area contributed by atoms with Gasteiger partial charge in [-0.1, -0.05) is 62.9 Å². The molecule has 1 heterocycles. The summed E-state index contributed by atoms with van der Waals surface area (Å²) in [6.07, 6.45) is 11.6. The molecule has 21 heavy (non-hydrogen) atoms. The third kappa shape index (κ3) is 4.26. The number of nitrogens with zero attached hydrogens (tertiary/aromatic N) is 2. The largest absolute Gasteiger partial charge is 0.352 e. The molecule has 0 amide bonds. The molecule has 0 spiro atoms.